The first kappa shape index (κ1) is 15.0. The maximum absolute atomic E-state index is 12.2. The topological polar surface area (TPSA) is 74.2 Å². The highest BCUT2D eigenvalue weighted by atomic mass is 35.5. The maximum atomic E-state index is 12.2. The van der Waals surface area contributed by atoms with E-state index in [1.165, 1.54) is 0 Å². The number of aromatic nitrogens is 3. The fourth-order valence-electron chi connectivity index (χ4n) is 1.78. The minimum Gasteiger partial charge on any atom is -0.382 e. The second kappa shape index (κ2) is 5.96. The summed E-state index contributed by atoms with van der Waals surface area (Å²) in [6.07, 6.45) is -5.19. The summed E-state index contributed by atoms with van der Waals surface area (Å²) in [5.74, 6) is 0.238. The van der Waals surface area contributed by atoms with Crippen molar-refractivity contribution in [3.05, 3.63) is 5.28 Å². The predicted octanol–water partition coefficient (Wildman–Crippen LogP) is 1.46. The maximum Gasteiger partial charge on any atom is 0.416 e. The summed E-state index contributed by atoms with van der Waals surface area (Å²) in [6.45, 7) is 0.791. The lowest BCUT2D eigenvalue weighted by Gasteiger charge is -2.17. The normalized spacial score (nSPS) is 17.4. The summed E-state index contributed by atoms with van der Waals surface area (Å²) in [7, 11) is 0. The molecular formula is C10H13ClF3N5O. The zero-order valence-corrected chi connectivity index (χ0v) is 11.1. The quantitative estimate of drug-likeness (QED) is 0.877. The number of hydrogen-bond acceptors (Lipinski definition) is 6. The second-order valence-corrected chi connectivity index (χ2v) is 4.70. The zero-order chi connectivity index (χ0) is 14.8. The Kier molecular flexibility index (Phi) is 4.48. The number of rotatable bonds is 4. The number of nitrogens with one attached hydrogen (secondary N) is 1. The van der Waals surface area contributed by atoms with E-state index >= 15 is 0 Å². The molecule has 0 amide bonds. The van der Waals surface area contributed by atoms with Crippen molar-refractivity contribution in [1.29, 1.82) is 0 Å². The van der Waals surface area contributed by atoms with E-state index in [2.05, 4.69) is 20.3 Å². The van der Waals surface area contributed by atoms with Crippen LogP contribution in [0.3, 0.4) is 0 Å². The number of aliphatic hydroxyl groups excluding tert-OH is 1. The molecule has 0 aliphatic carbocycles. The van der Waals surface area contributed by atoms with Gasteiger partial charge < -0.3 is 15.3 Å². The molecule has 112 valence electrons. The van der Waals surface area contributed by atoms with Crippen LogP contribution in [0.5, 0.6) is 0 Å². The summed E-state index contributed by atoms with van der Waals surface area (Å²) in [4.78, 5) is 13.5. The molecule has 6 nitrogen and oxygen atoms in total. The van der Waals surface area contributed by atoms with E-state index in [1.807, 2.05) is 4.90 Å². The van der Waals surface area contributed by atoms with Gasteiger partial charge in [-0.2, -0.15) is 28.1 Å². The van der Waals surface area contributed by atoms with Gasteiger partial charge in [-0.15, -0.1) is 0 Å². The van der Waals surface area contributed by atoms with Crippen LogP contribution in [0.2, 0.25) is 5.28 Å². The lowest BCUT2D eigenvalue weighted by Crippen LogP contribution is -2.35. The van der Waals surface area contributed by atoms with Crippen LogP contribution in [0.15, 0.2) is 0 Å². The first-order valence-corrected chi connectivity index (χ1v) is 6.39. The molecule has 2 N–H and O–H groups in total. The third-order valence-electron chi connectivity index (χ3n) is 2.82. The Morgan fingerprint density at radius 3 is 2.50 bits per heavy atom. The first-order valence-electron chi connectivity index (χ1n) is 6.01. The van der Waals surface area contributed by atoms with E-state index in [0.717, 1.165) is 25.9 Å². The van der Waals surface area contributed by atoms with Gasteiger partial charge in [-0.25, -0.2) is 0 Å². The lowest BCUT2D eigenvalue weighted by atomic mass is 10.3. The van der Waals surface area contributed by atoms with E-state index in [9.17, 15) is 13.2 Å². The Labute approximate surface area is 118 Å². The van der Waals surface area contributed by atoms with E-state index in [1.54, 1.807) is 0 Å². The van der Waals surface area contributed by atoms with Gasteiger partial charge in [0.15, 0.2) is 6.10 Å². The zero-order valence-electron chi connectivity index (χ0n) is 10.4. The average molecular weight is 312 g/mol. The van der Waals surface area contributed by atoms with Crippen molar-refractivity contribution in [2.24, 2.45) is 0 Å². The van der Waals surface area contributed by atoms with Crippen molar-refractivity contribution in [2.45, 2.75) is 25.1 Å². The van der Waals surface area contributed by atoms with Crippen molar-refractivity contribution in [1.82, 2.24) is 15.0 Å². The van der Waals surface area contributed by atoms with Crippen LogP contribution in [0, 0.1) is 0 Å². The molecule has 2 heterocycles. The van der Waals surface area contributed by atoms with Crippen molar-refractivity contribution >= 4 is 23.5 Å². The molecule has 10 heteroatoms. The van der Waals surface area contributed by atoms with E-state index in [-0.39, 0.29) is 11.2 Å². The number of hydrogen-bond donors (Lipinski definition) is 2. The second-order valence-electron chi connectivity index (χ2n) is 4.36. The van der Waals surface area contributed by atoms with E-state index in [4.69, 9.17) is 16.7 Å². The average Bonchev–Trinajstić information content (AvgIpc) is 2.88. The van der Waals surface area contributed by atoms with Crippen LogP contribution in [-0.4, -0.2) is 52.0 Å². The monoisotopic (exact) mass is 311 g/mol. The molecule has 1 aromatic heterocycles. The molecule has 1 saturated heterocycles. The summed E-state index contributed by atoms with van der Waals surface area (Å²) in [6, 6.07) is 0. The Morgan fingerprint density at radius 1 is 1.25 bits per heavy atom. The van der Waals surface area contributed by atoms with Gasteiger partial charge in [0.05, 0.1) is 6.54 Å². The molecule has 0 spiro atoms. The van der Waals surface area contributed by atoms with Gasteiger partial charge in [0.2, 0.25) is 17.2 Å². The van der Waals surface area contributed by atoms with E-state index < -0.39 is 18.8 Å². The van der Waals surface area contributed by atoms with Gasteiger partial charge in [0.1, 0.15) is 0 Å². The molecule has 0 radical (unpaired) electrons. The molecule has 2 rings (SSSR count). The highest BCUT2D eigenvalue weighted by Gasteiger charge is 2.38. The van der Waals surface area contributed by atoms with Crippen LogP contribution < -0.4 is 10.2 Å². The molecule has 1 aliphatic heterocycles. The smallest absolute Gasteiger partial charge is 0.382 e. The largest absolute Gasteiger partial charge is 0.416 e. The van der Waals surface area contributed by atoms with Crippen LogP contribution in [0.4, 0.5) is 25.1 Å². The van der Waals surface area contributed by atoms with Gasteiger partial charge in [0.25, 0.3) is 0 Å². The summed E-state index contributed by atoms with van der Waals surface area (Å²) in [5.41, 5.74) is 0. The summed E-state index contributed by atoms with van der Waals surface area (Å²) in [5, 5.41) is 11.1. The lowest BCUT2D eigenvalue weighted by molar-refractivity contribution is -0.198. The molecule has 0 aromatic carbocycles. The third kappa shape index (κ3) is 3.83. The third-order valence-corrected chi connectivity index (χ3v) is 2.99. The van der Waals surface area contributed by atoms with Crippen molar-refractivity contribution in [2.75, 3.05) is 29.9 Å². The summed E-state index contributed by atoms with van der Waals surface area (Å²) < 4.78 is 36.5. The number of halogens is 4. The molecule has 1 unspecified atom stereocenters. The first-order chi connectivity index (χ1) is 9.36. The van der Waals surface area contributed by atoms with Gasteiger partial charge in [-0.3, -0.25) is 0 Å². The number of aliphatic hydroxyl groups is 1. The standard InChI is InChI=1S/C10H13ClF3N5O/c11-7-16-8(15-5-6(20)10(12,13)14)18-9(17-7)19-3-1-2-4-19/h6,20H,1-5H2,(H,15,16,17,18). The molecule has 1 aromatic rings. The molecule has 1 fully saturated rings. The molecular weight excluding hydrogens is 299 g/mol. The molecule has 0 saturated carbocycles. The van der Waals surface area contributed by atoms with E-state index in [0.29, 0.717) is 5.95 Å². The highest BCUT2D eigenvalue weighted by Crippen LogP contribution is 2.21. The van der Waals surface area contributed by atoms with Crippen LogP contribution >= 0.6 is 11.6 Å². The molecule has 1 atom stereocenters. The minimum atomic E-state index is -4.69. The Bertz CT molecular complexity index is 467. The predicted molar refractivity (Wildman–Crippen MR) is 66.8 cm³/mol. The van der Waals surface area contributed by atoms with Crippen molar-refractivity contribution in [3.63, 3.8) is 0 Å². The van der Waals surface area contributed by atoms with Crippen LogP contribution in [0.25, 0.3) is 0 Å². The number of alkyl halides is 3. The SMILES string of the molecule is OC(CNc1nc(Cl)nc(N2CCCC2)n1)C(F)(F)F. The molecule has 1 aliphatic rings. The van der Waals surface area contributed by atoms with Gasteiger partial charge in [-0.1, -0.05) is 0 Å². The van der Waals surface area contributed by atoms with Crippen LogP contribution in [0.1, 0.15) is 12.8 Å². The number of anilines is 2. The minimum absolute atomic E-state index is 0.0878. The van der Waals surface area contributed by atoms with Crippen molar-refractivity contribution in [3.8, 4) is 0 Å². The summed E-state index contributed by atoms with van der Waals surface area (Å²) >= 11 is 5.72. The molecule has 20 heavy (non-hydrogen) atoms. The Balaban J connectivity index is 2.04. The fraction of sp³-hybridized carbons (Fsp3) is 0.700. The highest BCUT2D eigenvalue weighted by molar-refractivity contribution is 6.28. The van der Waals surface area contributed by atoms with Gasteiger partial charge >= 0.3 is 6.18 Å². The van der Waals surface area contributed by atoms with Gasteiger partial charge in [-0.05, 0) is 24.4 Å². The van der Waals surface area contributed by atoms with Crippen LogP contribution in [-0.2, 0) is 0 Å². The van der Waals surface area contributed by atoms with Gasteiger partial charge in [0, 0.05) is 13.1 Å². The molecule has 0 bridgehead atoms. The Morgan fingerprint density at radius 2 is 1.90 bits per heavy atom. The number of nitrogens with zero attached hydrogens (tertiary/aromatic N) is 4. The Hall–Kier alpha value is -1.35. The fourth-order valence-corrected chi connectivity index (χ4v) is 1.94. The van der Waals surface area contributed by atoms with Crippen molar-refractivity contribution < 1.29 is 18.3 Å².